The van der Waals surface area contributed by atoms with Gasteiger partial charge in [0, 0.05) is 16.7 Å². The number of nitrogens with zero attached hydrogens (tertiary/aromatic N) is 3. The van der Waals surface area contributed by atoms with Crippen LogP contribution in [0.5, 0.6) is 11.5 Å². The van der Waals surface area contributed by atoms with Crippen molar-refractivity contribution in [3.05, 3.63) is 114 Å². The van der Waals surface area contributed by atoms with Crippen LogP contribution in [0.4, 0.5) is 0 Å². The molecule has 0 saturated heterocycles. The van der Waals surface area contributed by atoms with Crippen molar-refractivity contribution in [3.8, 4) is 11.5 Å². The lowest BCUT2D eigenvalue weighted by molar-refractivity contribution is 0.0251. The number of carbonyl (C=O) groups is 1. The molecule has 0 radical (unpaired) electrons. The van der Waals surface area contributed by atoms with Gasteiger partial charge in [0.1, 0.15) is 30.5 Å². The highest BCUT2D eigenvalue weighted by molar-refractivity contribution is 5.96. The maximum atomic E-state index is 12.4. The van der Waals surface area contributed by atoms with Crippen LogP contribution in [0.3, 0.4) is 0 Å². The average Bonchev–Trinajstić information content (AvgIpc) is 3.10. The molecule has 4 aromatic rings. The number of ether oxygens (including phenoxy) is 1. The molecule has 1 aliphatic rings. The maximum Gasteiger partial charge on any atom is 0.340 e. The summed E-state index contributed by atoms with van der Waals surface area (Å²) in [6.07, 6.45) is 4.31. The minimum absolute atomic E-state index is 0.136. The van der Waals surface area contributed by atoms with Crippen molar-refractivity contribution in [2.45, 2.75) is 5.60 Å². The van der Waals surface area contributed by atoms with Crippen molar-refractivity contribution in [1.29, 1.82) is 0 Å². The second-order valence-corrected chi connectivity index (χ2v) is 6.50. The number of aromatic nitrogens is 3. The largest absolute Gasteiger partial charge is 0.508 e. The highest BCUT2D eigenvalue weighted by atomic mass is 16.6. The van der Waals surface area contributed by atoms with Gasteiger partial charge >= 0.3 is 5.97 Å². The van der Waals surface area contributed by atoms with E-state index in [0.717, 1.165) is 16.7 Å². The molecule has 5 rings (SSSR count). The Labute approximate surface area is 172 Å². The number of fused-ring (bicyclic) bond motifs is 1. The molecule has 0 spiro atoms. The number of esters is 1. The first-order chi connectivity index (χ1) is 14.6. The first kappa shape index (κ1) is 19.1. The van der Waals surface area contributed by atoms with Gasteiger partial charge in [-0.05, 0) is 30.3 Å². The molecule has 0 atom stereocenters. The molecule has 0 bridgehead atoms. The zero-order valence-electron chi connectivity index (χ0n) is 15.7. The second kappa shape index (κ2) is 8.00. The summed E-state index contributed by atoms with van der Waals surface area (Å²) in [7, 11) is 0. The van der Waals surface area contributed by atoms with E-state index in [-0.39, 0.29) is 11.5 Å². The average molecular weight is 399 g/mol. The molecule has 3 aromatic carbocycles. The van der Waals surface area contributed by atoms with E-state index in [1.165, 1.54) is 19.0 Å². The van der Waals surface area contributed by atoms with Crippen LogP contribution in [0.25, 0.3) is 0 Å². The number of rotatable bonds is 2. The zero-order chi connectivity index (χ0) is 21.0. The van der Waals surface area contributed by atoms with Crippen LogP contribution in [0.1, 0.15) is 27.0 Å². The lowest BCUT2D eigenvalue weighted by atomic mass is 9.80. The molecule has 0 amide bonds. The van der Waals surface area contributed by atoms with Crippen molar-refractivity contribution in [2.75, 3.05) is 0 Å². The first-order valence-corrected chi connectivity index (χ1v) is 9.08. The summed E-state index contributed by atoms with van der Waals surface area (Å²) in [4.78, 5) is 23.1. The van der Waals surface area contributed by atoms with Gasteiger partial charge in [0.25, 0.3) is 0 Å². The Morgan fingerprint density at radius 1 is 0.667 bits per heavy atom. The molecule has 0 saturated carbocycles. The van der Waals surface area contributed by atoms with Crippen LogP contribution in [-0.2, 0) is 10.3 Å². The first-order valence-electron chi connectivity index (χ1n) is 9.08. The van der Waals surface area contributed by atoms with Crippen molar-refractivity contribution in [2.24, 2.45) is 0 Å². The van der Waals surface area contributed by atoms with E-state index >= 15 is 0 Å². The zero-order valence-corrected chi connectivity index (χ0v) is 15.7. The molecule has 2 N–H and O–H groups in total. The highest BCUT2D eigenvalue weighted by Gasteiger charge is 2.48. The number of hydrogen-bond acceptors (Lipinski definition) is 7. The summed E-state index contributed by atoms with van der Waals surface area (Å²) >= 11 is 0. The van der Waals surface area contributed by atoms with Gasteiger partial charge in [-0.25, -0.2) is 19.7 Å². The predicted octanol–water partition coefficient (Wildman–Crippen LogP) is 3.43. The van der Waals surface area contributed by atoms with E-state index in [1.54, 1.807) is 60.7 Å². The molecule has 30 heavy (non-hydrogen) atoms. The van der Waals surface area contributed by atoms with Crippen molar-refractivity contribution in [1.82, 2.24) is 15.0 Å². The highest BCUT2D eigenvalue weighted by Crippen LogP contribution is 2.47. The Balaban J connectivity index is 0.000000313. The third kappa shape index (κ3) is 3.44. The smallest absolute Gasteiger partial charge is 0.340 e. The predicted molar refractivity (Wildman–Crippen MR) is 108 cm³/mol. The van der Waals surface area contributed by atoms with Crippen LogP contribution in [0.2, 0.25) is 0 Å². The number of carbonyl (C=O) groups excluding carboxylic acids is 1. The Morgan fingerprint density at radius 3 is 1.60 bits per heavy atom. The fourth-order valence-corrected chi connectivity index (χ4v) is 3.41. The Bertz CT molecular complexity index is 1070. The molecular weight excluding hydrogens is 382 g/mol. The van der Waals surface area contributed by atoms with Crippen LogP contribution in [-0.4, -0.2) is 31.1 Å². The van der Waals surface area contributed by atoms with Gasteiger partial charge < -0.3 is 14.9 Å². The van der Waals surface area contributed by atoms with Crippen molar-refractivity contribution >= 4 is 5.97 Å². The Kier molecular flexibility index (Phi) is 5.09. The molecule has 0 aliphatic carbocycles. The summed E-state index contributed by atoms with van der Waals surface area (Å²) in [6, 6.07) is 20.4. The van der Waals surface area contributed by atoms with Crippen LogP contribution in [0.15, 0.2) is 91.8 Å². The molecule has 7 heteroatoms. The maximum absolute atomic E-state index is 12.4. The topological polar surface area (TPSA) is 105 Å². The minimum Gasteiger partial charge on any atom is -0.508 e. The van der Waals surface area contributed by atoms with E-state index < -0.39 is 11.6 Å². The second-order valence-electron chi connectivity index (χ2n) is 6.50. The van der Waals surface area contributed by atoms with E-state index in [1.807, 2.05) is 12.1 Å². The number of hydrogen-bond donors (Lipinski definition) is 2. The SMILES string of the molecule is O=C1OC(c2ccc(O)cc2)(c2ccc(O)cc2)c2ccccc21.c1ncncn1. The summed E-state index contributed by atoms with van der Waals surface area (Å²) in [5.41, 5.74) is 1.60. The molecule has 0 unspecified atom stereocenters. The minimum atomic E-state index is -1.10. The fraction of sp³-hybridized carbons (Fsp3) is 0.0435. The summed E-state index contributed by atoms with van der Waals surface area (Å²) < 4.78 is 5.87. The van der Waals surface area contributed by atoms with Crippen molar-refractivity contribution < 1.29 is 19.7 Å². The third-order valence-corrected chi connectivity index (χ3v) is 4.72. The Morgan fingerprint density at radius 2 is 1.13 bits per heavy atom. The summed E-state index contributed by atoms with van der Waals surface area (Å²) in [5.74, 6) is -0.124. The van der Waals surface area contributed by atoms with Gasteiger partial charge in [-0.15, -0.1) is 0 Å². The third-order valence-electron chi connectivity index (χ3n) is 4.72. The number of aromatic hydroxyl groups is 2. The quantitative estimate of drug-likeness (QED) is 0.498. The van der Waals surface area contributed by atoms with Crippen molar-refractivity contribution in [3.63, 3.8) is 0 Å². The number of phenolic OH excluding ortho intramolecular Hbond substituents is 2. The summed E-state index contributed by atoms with van der Waals surface area (Å²) in [5, 5.41) is 19.2. The summed E-state index contributed by atoms with van der Waals surface area (Å²) in [6.45, 7) is 0. The molecule has 0 fully saturated rings. The van der Waals surface area contributed by atoms with E-state index in [4.69, 9.17) is 4.74 Å². The van der Waals surface area contributed by atoms with Gasteiger partial charge in [-0.3, -0.25) is 0 Å². The van der Waals surface area contributed by atoms with Gasteiger partial charge in [0.2, 0.25) is 0 Å². The van der Waals surface area contributed by atoms with Gasteiger partial charge in [-0.1, -0.05) is 42.5 Å². The molecular formula is C23H17N3O4. The Hall–Kier alpha value is -4.26. The van der Waals surface area contributed by atoms with Crippen LogP contribution < -0.4 is 0 Å². The molecule has 2 heterocycles. The molecule has 148 valence electrons. The molecule has 1 aromatic heterocycles. The molecule has 1 aliphatic heterocycles. The van der Waals surface area contributed by atoms with Crippen LogP contribution >= 0.6 is 0 Å². The lowest BCUT2D eigenvalue weighted by Crippen LogP contribution is -2.29. The number of phenols is 2. The lowest BCUT2D eigenvalue weighted by Gasteiger charge is -2.30. The number of cyclic esters (lactones) is 1. The number of benzene rings is 3. The van der Waals surface area contributed by atoms with E-state index in [2.05, 4.69) is 15.0 Å². The van der Waals surface area contributed by atoms with Gasteiger partial charge in [-0.2, -0.15) is 0 Å². The van der Waals surface area contributed by atoms with Gasteiger partial charge in [0.05, 0.1) is 5.56 Å². The normalized spacial score (nSPS) is 13.5. The standard InChI is InChI=1S/C20H14O4.C3H3N3/c21-15-9-5-13(6-10-15)20(14-7-11-16(22)12-8-14)18-4-2-1-3-17(18)19(23)24-20;1-4-2-6-3-5-1/h1-12,21-22H;1-3H. The van der Waals surface area contributed by atoms with Gasteiger partial charge in [0.15, 0.2) is 5.60 Å². The van der Waals surface area contributed by atoms with E-state index in [0.29, 0.717) is 5.56 Å². The monoisotopic (exact) mass is 399 g/mol. The van der Waals surface area contributed by atoms with Crippen LogP contribution in [0, 0.1) is 0 Å². The fourth-order valence-electron chi connectivity index (χ4n) is 3.41. The van der Waals surface area contributed by atoms with E-state index in [9.17, 15) is 15.0 Å². The molecule has 7 nitrogen and oxygen atoms in total.